The number of benzene rings is 1. The SMILES string of the molecule is C[C@]12SCN(C(=O)[C@@H](O)C(N)Cc3ccccc3)C1C(=O)N2CC1CC1. The van der Waals surface area contributed by atoms with Gasteiger partial charge in [-0.1, -0.05) is 30.3 Å². The van der Waals surface area contributed by atoms with Gasteiger partial charge in [0.05, 0.1) is 5.88 Å². The van der Waals surface area contributed by atoms with Gasteiger partial charge in [0.1, 0.15) is 17.0 Å². The molecule has 1 aromatic carbocycles. The fourth-order valence-corrected chi connectivity index (χ4v) is 5.29. The van der Waals surface area contributed by atoms with Crippen LogP contribution in [0.25, 0.3) is 0 Å². The molecule has 2 aliphatic heterocycles. The first-order chi connectivity index (χ1) is 12.4. The Hall–Kier alpha value is -1.57. The Balaban J connectivity index is 1.41. The van der Waals surface area contributed by atoms with E-state index in [1.165, 1.54) is 17.7 Å². The van der Waals surface area contributed by atoms with Gasteiger partial charge in [-0.15, -0.1) is 11.8 Å². The largest absolute Gasteiger partial charge is 0.382 e. The van der Waals surface area contributed by atoms with Gasteiger partial charge in [0.15, 0.2) is 0 Å². The van der Waals surface area contributed by atoms with Crippen molar-refractivity contribution in [2.75, 3.05) is 12.4 Å². The number of carbonyl (C=O) groups is 2. The molecular weight excluding hydrogens is 350 g/mol. The summed E-state index contributed by atoms with van der Waals surface area (Å²) in [4.78, 5) is 28.5. The molecule has 140 valence electrons. The molecule has 0 radical (unpaired) electrons. The topological polar surface area (TPSA) is 86.9 Å². The van der Waals surface area contributed by atoms with Crippen molar-refractivity contribution < 1.29 is 14.7 Å². The van der Waals surface area contributed by atoms with Gasteiger partial charge in [-0.05, 0) is 37.7 Å². The number of likely N-dealkylation sites (tertiary alicyclic amines) is 1. The number of aliphatic hydroxyl groups is 1. The number of β-lactam (4-membered cyclic amide) rings is 1. The van der Waals surface area contributed by atoms with Gasteiger partial charge in [-0.3, -0.25) is 9.59 Å². The standard InChI is InChI=1S/C19H25N3O3S/c1-19-16(18(25)22(19)10-13-7-8-13)21(11-26-19)17(24)15(23)14(20)9-12-5-3-2-4-6-12/h2-6,13-16,23H,7-11,20H2,1H3/t14?,15-,16?,19-/m0/s1. The maximum absolute atomic E-state index is 12.8. The Morgan fingerprint density at radius 3 is 2.73 bits per heavy atom. The van der Waals surface area contributed by atoms with Gasteiger partial charge < -0.3 is 20.6 Å². The predicted octanol–water partition coefficient (Wildman–Crippen LogP) is 0.787. The minimum absolute atomic E-state index is 0.00146. The van der Waals surface area contributed by atoms with E-state index in [9.17, 15) is 14.7 Å². The van der Waals surface area contributed by atoms with E-state index in [1.54, 1.807) is 11.8 Å². The Morgan fingerprint density at radius 1 is 1.38 bits per heavy atom. The molecule has 26 heavy (non-hydrogen) atoms. The quantitative estimate of drug-likeness (QED) is 0.718. The van der Waals surface area contributed by atoms with Crippen LogP contribution in [0.2, 0.25) is 0 Å². The smallest absolute Gasteiger partial charge is 0.254 e. The molecule has 2 unspecified atom stereocenters. The lowest BCUT2D eigenvalue weighted by molar-refractivity contribution is -0.167. The van der Waals surface area contributed by atoms with Crippen LogP contribution in [0, 0.1) is 5.92 Å². The summed E-state index contributed by atoms with van der Waals surface area (Å²) in [5, 5.41) is 10.5. The summed E-state index contributed by atoms with van der Waals surface area (Å²) >= 11 is 1.60. The lowest BCUT2D eigenvalue weighted by atomic mass is 9.92. The van der Waals surface area contributed by atoms with Crippen molar-refractivity contribution in [3.05, 3.63) is 35.9 Å². The van der Waals surface area contributed by atoms with Crippen molar-refractivity contribution in [3.8, 4) is 0 Å². The molecule has 1 saturated carbocycles. The molecular formula is C19H25N3O3S. The zero-order valence-corrected chi connectivity index (χ0v) is 15.7. The van der Waals surface area contributed by atoms with Crippen molar-refractivity contribution >= 4 is 23.6 Å². The minimum atomic E-state index is -1.30. The lowest BCUT2D eigenvalue weighted by Gasteiger charge is -2.53. The Bertz CT molecular complexity index is 711. The molecule has 2 amide bonds. The highest BCUT2D eigenvalue weighted by Gasteiger charge is 2.65. The molecule has 4 atom stereocenters. The van der Waals surface area contributed by atoms with E-state index in [-0.39, 0.29) is 10.8 Å². The second kappa shape index (κ2) is 6.55. The van der Waals surface area contributed by atoms with Crippen molar-refractivity contribution in [2.45, 2.75) is 49.2 Å². The van der Waals surface area contributed by atoms with Crippen molar-refractivity contribution in [3.63, 3.8) is 0 Å². The van der Waals surface area contributed by atoms with Crippen molar-refractivity contribution in [2.24, 2.45) is 11.7 Å². The van der Waals surface area contributed by atoms with Gasteiger partial charge in [-0.2, -0.15) is 0 Å². The fraction of sp³-hybridized carbons (Fsp3) is 0.579. The third-order valence-electron chi connectivity index (χ3n) is 5.74. The molecule has 7 heteroatoms. The number of carbonyl (C=O) groups excluding carboxylic acids is 2. The van der Waals surface area contributed by atoms with E-state index >= 15 is 0 Å². The highest BCUT2D eigenvalue weighted by Crippen LogP contribution is 2.52. The first kappa shape index (κ1) is 17.8. The summed E-state index contributed by atoms with van der Waals surface area (Å²) in [6.45, 7) is 2.81. The average Bonchev–Trinajstić information content (AvgIpc) is 3.41. The van der Waals surface area contributed by atoms with Crippen LogP contribution in [0.5, 0.6) is 0 Å². The third kappa shape index (κ3) is 2.92. The summed E-state index contributed by atoms with van der Waals surface area (Å²) in [6, 6.07) is 8.39. The van der Waals surface area contributed by atoms with E-state index in [1.807, 2.05) is 42.2 Å². The molecule has 1 aliphatic carbocycles. The predicted molar refractivity (Wildman–Crippen MR) is 100 cm³/mol. The zero-order valence-electron chi connectivity index (χ0n) is 14.9. The third-order valence-corrected chi connectivity index (χ3v) is 7.18. The van der Waals surface area contributed by atoms with Crippen LogP contribution >= 0.6 is 11.8 Å². The van der Waals surface area contributed by atoms with Gasteiger partial charge >= 0.3 is 0 Å². The molecule has 6 nitrogen and oxygen atoms in total. The van der Waals surface area contributed by atoms with Gasteiger partial charge in [-0.25, -0.2) is 0 Å². The summed E-state index contributed by atoms with van der Waals surface area (Å²) in [5.74, 6) is 0.602. The average molecular weight is 375 g/mol. The summed E-state index contributed by atoms with van der Waals surface area (Å²) in [5.41, 5.74) is 7.06. The molecule has 3 N–H and O–H groups in total. The molecule has 2 heterocycles. The zero-order chi connectivity index (χ0) is 18.5. The van der Waals surface area contributed by atoms with Crippen LogP contribution in [0.4, 0.5) is 0 Å². The van der Waals surface area contributed by atoms with Crippen LogP contribution in [0.1, 0.15) is 25.3 Å². The van der Waals surface area contributed by atoms with E-state index in [4.69, 9.17) is 5.73 Å². The number of hydrogen-bond donors (Lipinski definition) is 2. The van der Waals surface area contributed by atoms with Crippen LogP contribution in [-0.2, 0) is 16.0 Å². The number of rotatable bonds is 6. The van der Waals surface area contributed by atoms with E-state index < -0.39 is 24.1 Å². The van der Waals surface area contributed by atoms with E-state index in [0.717, 1.165) is 12.1 Å². The number of hydrogen-bond acceptors (Lipinski definition) is 5. The van der Waals surface area contributed by atoms with Crippen molar-refractivity contribution in [1.82, 2.24) is 9.80 Å². The van der Waals surface area contributed by atoms with Gasteiger partial charge in [0, 0.05) is 12.6 Å². The van der Waals surface area contributed by atoms with E-state index in [0.29, 0.717) is 18.2 Å². The second-order valence-electron chi connectivity index (χ2n) is 7.73. The molecule has 2 saturated heterocycles. The molecule has 4 rings (SSSR count). The highest BCUT2D eigenvalue weighted by molar-refractivity contribution is 8.01. The Kier molecular flexibility index (Phi) is 4.49. The number of amides is 2. The number of thioether (sulfide) groups is 1. The van der Waals surface area contributed by atoms with Crippen molar-refractivity contribution in [1.29, 1.82) is 0 Å². The van der Waals surface area contributed by atoms with E-state index in [2.05, 4.69) is 0 Å². The minimum Gasteiger partial charge on any atom is -0.382 e. The molecule has 0 aromatic heterocycles. The van der Waals surface area contributed by atoms with Gasteiger partial charge in [0.2, 0.25) is 5.91 Å². The number of aliphatic hydroxyl groups excluding tert-OH is 1. The Labute approximate surface area is 157 Å². The number of fused-ring (bicyclic) bond motifs is 1. The molecule has 1 aromatic rings. The number of nitrogens with zero attached hydrogens (tertiary/aromatic N) is 2. The lowest BCUT2D eigenvalue weighted by Crippen LogP contribution is -2.74. The molecule has 0 spiro atoms. The van der Waals surface area contributed by atoms with Crippen LogP contribution in [0.15, 0.2) is 30.3 Å². The fourth-order valence-electron chi connectivity index (χ4n) is 3.90. The van der Waals surface area contributed by atoms with Crippen LogP contribution in [0.3, 0.4) is 0 Å². The first-order valence-electron chi connectivity index (χ1n) is 9.15. The van der Waals surface area contributed by atoms with Crippen LogP contribution < -0.4 is 5.73 Å². The Morgan fingerprint density at radius 2 is 2.08 bits per heavy atom. The maximum atomic E-state index is 12.8. The van der Waals surface area contributed by atoms with Crippen LogP contribution in [-0.4, -0.2) is 62.2 Å². The molecule has 3 aliphatic rings. The first-order valence-corrected chi connectivity index (χ1v) is 10.1. The highest BCUT2D eigenvalue weighted by atomic mass is 32.2. The van der Waals surface area contributed by atoms with Gasteiger partial charge in [0.25, 0.3) is 5.91 Å². The molecule has 0 bridgehead atoms. The maximum Gasteiger partial charge on any atom is 0.254 e. The number of nitrogens with two attached hydrogens (primary N) is 1. The molecule has 3 fully saturated rings. The normalized spacial score (nSPS) is 30.0. The summed E-state index contributed by atoms with van der Waals surface area (Å²) in [6.07, 6.45) is 1.48. The summed E-state index contributed by atoms with van der Waals surface area (Å²) in [7, 11) is 0. The second-order valence-corrected chi connectivity index (χ2v) is 9.10. The monoisotopic (exact) mass is 375 g/mol. The summed E-state index contributed by atoms with van der Waals surface area (Å²) < 4.78 is 0.